The van der Waals surface area contributed by atoms with Gasteiger partial charge in [0.05, 0.1) is 5.25 Å². The average Bonchev–Trinajstić information content (AvgIpc) is 2.75. The minimum absolute atomic E-state index is 0.152. The van der Waals surface area contributed by atoms with E-state index in [-0.39, 0.29) is 11.2 Å². The molecule has 0 aromatic carbocycles. The number of aryl methyl sites for hydroxylation is 1. The van der Waals surface area contributed by atoms with E-state index in [4.69, 9.17) is 0 Å². The fraction of sp³-hybridized carbons (Fsp3) is 0.778. The lowest BCUT2D eigenvalue weighted by molar-refractivity contribution is -0.130. The number of rotatable bonds is 3. The molecule has 0 saturated carbocycles. The van der Waals surface area contributed by atoms with Gasteiger partial charge < -0.3 is 10.2 Å². The van der Waals surface area contributed by atoms with Crippen molar-refractivity contribution < 1.29 is 4.79 Å². The number of thioether (sulfide) groups is 1. The summed E-state index contributed by atoms with van der Waals surface area (Å²) >= 11 is 1.39. The summed E-state index contributed by atoms with van der Waals surface area (Å²) in [5.74, 6) is 0.152. The molecular formula is C9H16N6OS. The predicted octanol–water partition coefficient (Wildman–Crippen LogP) is -0.877. The van der Waals surface area contributed by atoms with Crippen molar-refractivity contribution in [2.24, 2.45) is 7.05 Å². The number of nitrogens with zero attached hydrogens (tertiary/aromatic N) is 5. The number of carbonyl (C=O) groups excluding carboxylic acids is 1. The highest BCUT2D eigenvalue weighted by Gasteiger charge is 2.24. The van der Waals surface area contributed by atoms with E-state index in [0.717, 1.165) is 26.2 Å². The molecule has 1 N–H and O–H groups in total. The zero-order chi connectivity index (χ0) is 12.3. The van der Waals surface area contributed by atoms with Gasteiger partial charge in [0.25, 0.3) is 0 Å². The third-order valence-corrected chi connectivity index (χ3v) is 3.75. The first-order valence-corrected chi connectivity index (χ1v) is 6.45. The van der Waals surface area contributed by atoms with Gasteiger partial charge in [-0.1, -0.05) is 11.8 Å². The maximum absolute atomic E-state index is 12.1. The highest BCUT2D eigenvalue weighted by atomic mass is 32.2. The van der Waals surface area contributed by atoms with Crippen LogP contribution < -0.4 is 5.32 Å². The topological polar surface area (TPSA) is 75.9 Å². The number of aromatic nitrogens is 4. The number of tetrazole rings is 1. The lowest BCUT2D eigenvalue weighted by atomic mass is 10.3. The van der Waals surface area contributed by atoms with Gasteiger partial charge in [-0.2, -0.15) is 0 Å². The van der Waals surface area contributed by atoms with Gasteiger partial charge in [-0.15, -0.1) is 5.10 Å². The number of hydrogen-bond donors (Lipinski definition) is 1. The molecule has 1 amide bonds. The second-order valence-electron chi connectivity index (χ2n) is 3.92. The van der Waals surface area contributed by atoms with Gasteiger partial charge in [0.2, 0.25) is 11.1 Å². The van der Waals surface area contributed by atoms with Gasteiger partial charge in [0.15, 0.2) is 0 Å². The van der Waals surface area contributed by atoms with E-state index in [1.165, 1.54) is 11.8 Å². The van der Waals surface area contributed by atoms with Gasteiger partial charge in [-0.3, -0.25) is 4.79 Å². The molecule has 94 valence electrons. The third kappa shape index (κ3) is 2.95. The minimum Gasteiger partial charge on any atom is -0.339 e. The number of carbonyl (C=O) groups is 1. The molecule has 0 radical (unpaired) electrons. The van der Waals surface area contributed by atoms with E-state index in [1.807, 2.05) is 11.8 Å². The van der Waals surface area contributed by atoms with Crippen LogP contribution in [0.2, 0.25) is 0 Å². The Bertz CT molecular complexity index is 389. The van der Waals surface area contributed by atoms with Crippen molar-refractivity contribution >= 4 is 17.7 Å². The average molecular weight is 256 g/mol. The zero-order valence-corrected chi connectivity index (χ0v) is 10.8. The van der Waals surface area contributed by atoms with Crippen LogP contribution in [0.3, 0.4) is 0 Å². The van der Waals surface area contributed by atoms with Gasteiger partial charge >= 0.3 is 0 Å². The number of nitrogens with one attached hydrogen (secondary N) is 1. The van der Waals surface area contributed by atoms with Gasteiger partial charge in [0.1, 0.15) is 0 Å². The van der Waals surface area contributed by atoms with Crippen LogP contribution in [-0.4, -0.2) is 62.4 Å². The molecule has 0 bridgehead atoms. The maximum Gasteiger partial charge on any atom is 0.235 e. The standard InChI is InChI=1S/C9H16N6OS/c1-7(17-9-11-12-13-14(9)2)8(16)15-5-3-10-4-6-15/h7,10H,3-6H2,1-2H3. The first-order valence-electron chi connectivity index (χ1n) is 5.57. The lowest BCUT2D eigenvalue weighted by Gasteiger charge is -2.29. The molecule has 1 aliphatic rings. The molecule has 1 aromatic rings. The molecule has 17 heavy (non-hydrogen) atoms. The Morgan fingerprint density at radius 1 is 1.47 bits per heavy atom. The Morgan fingerprint density at radius 2 is 2.18 bits per heavy atom. The monoisotopic (exact) mass is 256 g/mol. The van der Waals surface area contributed by atoms with E-state index in [9.17, 15) is 4.79 Å². The molecule has 1 saturated heterocycles. The lowest BCUT2D eigenvalue weighted by Crippen LogP contribution is -2.48. The third-order valence-electron chi connectivity index (χ3n) is 2.64. The summed E-state index contributed by atoms with van der Waals surface area (Å²) in [6.45, 7) is 5.19. The molecule has 1 aliphatic heterocycles. The van der Waals surface area contributed by atoms with Gasteiger partial charge in [-0.25, -0.2) is 4.68 Å². The molecule has 8 heteroatoms. The number of piperazine rings is 1. The first-order chi connectivity index (χ1) is 8.18. The van der Waals surface area contributed by atoms with Crippen LogP contribution in [-0.2, 0) is 11.8 Å². The molecule has 1 fully saturated rings. The van der Waals surface area contributed by atoms with Crippen molar-refractivity contribution in [2.45, 2.75) is 17.3 Å². The van der Waals surface area contributed by atoms with Crippen molar-refractivity contribution in [1.82, 2.24) is 30.4 Å². The van der Waals surface area contributed by atoms with Crippen LogP contribution >= 0.6 is 11.8 Å². The Morgan fingerprint density at radius 3 is 2.76 bits per heavy atom. The van der Waals surface area contributed by atoms with Crippen LogP contribution in [0.25, 0.3) is 0 Å². The van der Waals surface area contributed by atoms with Gasteiger partial charge in [-0.05, 0) is 17.4 Å². The Kier molecular flexibility index (Phi) is 3.95. The smallest absolute Gasteiger partial charge is 0.235 e. The van der Waals surface area contributed by atoms with Crippen molar-refractivity contribution in [1.29, 1.82) is 0 Å². The highest BCUT2D eigenvalue weighted by Crippen LogP contribution is 2.21. The summed E-state index contributed by atoms with van der Waals surface area (Å²) in [7, 11) is 1.77. The summed E-state index contributed by atoms with van der Waals surface area (Å²) in [6.07, 6.45) is 0. The quantitative estimate of drug-likeness (QED) is 0.708. The molecular weight excluding hydrogens is 240 g/mol. The normalized spacial score (nSPS) is 18.1. The molecule has 1 atom stereocenters. The summed E-state index contributed by atoms with van der Waals surface area (Å²) < 4.78 is 1.58. The molecule has 2 rings (SSSR count). The second kappa shape index (κ2) is 5.46. The molecule has 0 aliphatic carbocycles. The predicted molar refractivity (Wildman–Crippen MR) is 63.6 cm³/mol. The zero-order valence-electron chi connectivity index (χ0n) is 9.96. The summed E-state index contributed by atoms with van der Waals surface area (Å²) in [5.41, 5.74) is 0. The van der Waals surface area contributed by atoms with E-state index < -0.39 is 0 Å². The van der Waals surface area contributed by atoms with E-state index in [1.54, 1.807) is 11.7 Å². The molecule has 7 nitrogen and oxygen atoms in total. The maximum atomic E-state index is 12.1. The molecule has 2 heterocycles. The van der Waals surface area contributed by atoms with Crippen molar-refractivity contribution in [3.63, 3.8) is 0 Å². The van der Waals surface area contributed by atoms with Crippen LogP contribution in [0.1, 0.15) is 6.92 Å². The van der Waals surface area contributed by atoms with Crippen molar-refractivity contribution in [3.05, 3.63) is 0 Å². The fourth-order valence-electron chi connectivity index (χ4n) is 1.67. The van der Waals surface area contributed by atoms with E-state index in [0.29, 0.717) is 5.16 Å². The summed E-state index contributed by atoms with van der Waals surface area (Å²) in [5, 5.41) is 14.9. The molecule has 1 aromatic heterocycles. The van der Waals surface area contributed by atoms with Crippen LogP contribution in [0.5, 0.6) is 0 Å². The van der Waals surface area contributed by atoms with E-state index >= 15 is 0 Å². The van der Waals surface area contributed by atoms with Gasteiger partial charge in [0, 0.05) is 33.2 Å². The Hall–Kier alpha value is -1.15. The largest absolute Gasteiger partial charge is 0.339 e. The minimum atomic E-state index is -0.155. The SMILES string of the molecule is CC(Sc1nnnn1C)C(=O)N1CCNCC1. The van der Waals surface area contributed by atoms with E-state index in [2.05, 4.69) is 20.8 Å². The summed E-state index contributed by atoms with van der Waals surface area (Å²) in [6, 6.07) is 0. The fourth-order valence-corrected chi connectivity index (χ4v) is 2.51. The van der Waals surface area contributed by atoms with Crippen molar-refractivity contribution in [3.8, 4) is 0 Å². The number of amides is 1. The Balaban J connectivity index is 1.93. The molecule has 1 unspecified atom stereocenters. The number of hydrogen-bond acceptors (Lipinski definition) is 6. The summed E-state index contributed by atoms with van der Waals surface area (Å²) in [4.78, 5) is 14.0. The highest BCUT2D eigenvalue weighted by molar-refractivity contribution is 8.00. The van der Waals surface area contributed by atoms with Crippen LogP contribution in [0.15, 0.2) is 5.16 Å². The van der Waals surface area contributed by atoms with Crippen LogP contribution in [0.4, 0.5) is 0 Å². The van der Waals surface area contributed by atoms with Crippen LogP contribution in [0, 0.1) is 0 Å². The first kappa shape index (κ1) is 12.3. The van der Waals surface area contributed by atoms with Crippen molar-refractivity contribution in [2.75, 3.05) is 26.2 Å². The second-order valence-corrected chi connectivity index (χ2v) is 5.23. The Labute approximate surface area is 104 Å². The molecule has 0 spiro atoms.